The van der Waals surface area contributed by atoms with E-state index in [0.29, 0.717) is 6.54 Å². The molecule has 112 valence electrons. The number of hydrogen-bond donors (Lipinski definition) is 2. The number of aryl methyl sites for hydroxylation is 1. The van der Waals surface area contributed by atoms with E-state index < -0.39 is 6.10 Å². The van der Waals surface area contributed by atoms with E-state index in [1.807, 2.05) is 49.4 Å². The van der Waals surface area contributed by atoms with Gasteiger partial charge in [-0.15, -0.1) is 0 Å². The molecular formula is C17H20BrNO2. The van der Waals surface area contributed by atoms with Crippen LogP contribution in [0.3, 0.4) is 0 Å². The molecule has 2 atom stereocenters. The molecule has 0 saturated carbocycles. The third-order valence-corrected chi connectivity index (χ3v) is 4.18. The van der Waals surface area contributed by atoms with Crippen LogP contribution in [0.15, 0.2) is 46.9 Å². The van der Waals surface area contributed by atoms with Gasteiger partial charge in [-0.2, -0.15) is 0 Å². The topological polar surface area (TPSA) is 55.5 Å². The zero-order valence-corrected chi connectivity index (χ0v) is 13.8. The maximum atomic E-state index is 10.6. The minimum atomic E-state index is -0.653. The molecule has 0 aromatic heterocycles. The van der Waals surface area contributed by atoms with Crippen LogP contribution in [-0.2, 0) is 0 Å². The van der Waals surface area contributed by atoms with Crippen LogP contribution < -0.4 is 10.5 Å². The Bertz CT molecular complexity index is 615. The molecule has 3 nitrogen and oxygen atoms in total. The number of aliphatic hydroxyl groups excluding tert-OH is 1. The molecule has 21 heavy (non-hydrogen) atoms. The van der Waals surface area contributed by atoms with E-state index in [4.69, 9.17) is 10.5 Å². The van der Waals surface area contributed by atoms with E-state index >= 15 is 0 Å². The largest absolute Gasteiger partial charge is 0.496 e. The van der Waals surface area contributed by atoms with Crippen molar-refractivity contribution in [3.63, 3.8) is 0 Å². The third kappa shape index (κ3) is 3.64. The molecule has 0 bridgehead atoms. The van der Waals surface area contributed by atoms with Crippen molar-refractivity contribution in [3.05, 3.63) is 63.6 Å². The van der Waals surface area contributed by atoms with E-state index in [9.17, 15) is 5.11 Å². The number of methoxy groups -OCH3 is 1. The second-order valence-corrected chi connectivity index (χ2v) is 5.99. The summed E-state index contributed by atoms with van der Waals surface area (Å²) >= 11 is 3.43. The molecule has 2 rings (SSSR count). The summed E-state index contributed by atoms with van der Waals surface area (Å²) in [5.41, 5.74) is 8.79. The Morgan fingerprint density at radius 2 is 1.95 bits per heavy atom. The van der Waals surface area contributed by atoms with Crippen molar-refractivity contribution < 1.29 is 9.84 Å². The summed E-state index contributed by atoms with van der Waals surface area (Å²) in [4.78, 5) is 0. The summed E-state index contributed by atoms with van der Waals surface area (Å²) in [6, 6.07) is 13.6. The molecule has 0 aliphatic carbocycles. The smallest absolute Gasteiger partial charge is 0.122 e. The molecule has 2 aromatic carbocycles. The number of nitrogens with two attached hydrogens (primary N) is 1. The van der Waals surface area contributed by atoms with Gasteiger partial charge >= 0.3 is 0 Å². The predicted octanol–water partition coefficient (Wildman–Crippen LogP) is 3.54. The number of ether oxygens (including phenoxy) is 1. The lowest BCUT2D eigenvalue weighted by Crippen LogP contribution is -2.20. The molecule has 2 unspecified atom stereocenters. The lowest BCUT2D eigenvalue weighted by molar-refractivity contribution is 0.147. The van der Waals surface area contributed by atoms with E-state index in [1.165, 1.54) is 0 Å². The van der Waals surface area contributed by atoms with Crippen LogP contribution in [0.4, 0.5) is 0 Å². The summed E-state index contributed by atoms with van der Waals surface area (Å²) < 4.78 is 6.30. The van der Waals surface area contributed by atoms with E-state index in [2.05, 4.69) is 15.9 Å². The molecular weight excluding hydrogens is 330 g/mol. The van der Waals surface area contributed by atoms with Crippen molar-refractivity contribution in [2.24, 2.45) is 5.73 Å². The highest BCUT2D eigenvalue weighted by atomic mass is 79.9. The SMILES string of the molecule is COc1cc(C(CN)C(O)c2cccc(Br)c2)ccc1C. The first kappa shape index (κ1) is 16.0. The van der Waals surface area contributed by atoms with E-state index in [-0.39, 0.29) is 5.92 Å². The number of hydrogen-bond acceptors (Lipinski definition) is 3. The monoisotopic (exact) mass is 349 g/mol. The summed E-state index contributed by atoms with van der Waals surface area (Å²) in [7, 11) is 1.65. The lowest BCUT2D eigenvalue weighted by atomic mass is 9.88. The summed E-state index contributed by atoms with van der Waals surface area (Å²) in [6.45, 7) is 2.35. The molecule has 2 aromatic rings. The number of benzene rings is 2. The van der Waals surface area contributed by atoms with Crippen molar-refractivity contribution in [1.29, 1.82) is 0 Å². The Morgan fingerprint density at radius 3 is 2.57 bits per heavy atom. The van der Waals surface area contributed by atoms with Crippen LogP contribution in [0.25, 0.3) is 0 Å². The first-order valence-electron chi connectivity index (χ1n) is 6.85. The summed E-state index contributed by atoms with van der Waals surface area (Å²) in [6.07, 6.45) is -0.653. The molecule has 0 saturated heterocycles. The van der Waals surface area contributed by atoms with Crippen molar-refractivity contribution >= 4 is 15.9 Å². The van der Waals surface area contributed by atoms with Gasteiger partial charge in [0.05, 0.1) is 13.2 Å². The van der Waals surface area contributed by atoms with Gasteiger partial charge < -0.3 is 15.6 Å². The van der Waals surface area contributed by atoms with Gasteiger partial charge in [0.15, 0.2) is 0 Å². The van der Waals surface area contributed by atoms with Crippen LogP contribution in [0.2, 0.25) is 0 Å². The van der Waals surface area contributed by atoms with Crippen molar-refractivity contribution in [2.45, 2.75) is 18.9 Å². The fourth-order valence-corrected chi connectivity index (χ4v) is 2.85. The number of aliphatic hydroxyl groups is 1. The highest BCUT2D eigenvalue weighted by Gasteiger charge is 2.22. The standard InChI is InChI=1S/C17H20BrNO2/c1-11-6-7-12(9-16(11)21-2)15(10-19)17(20)13-4-3-5-14(18)8-13/h3-9,15,17,20H,10,19H2,1-2H3. The number of rotatable bonds is 5. The average molecular weight is 350 g/mol. The van der Waals surface area contributed by atoms with Gasteiger partial charge in [-0.25, -0.2) is 0 Å². The summed E-state index contributed by atoms with van der Waals surface area (Å²) in [5.74, 6) is 0.640. The Morgan fingerprint density at radius 1 is 1.19 bits per heavy atom. The van der Waals surface area contributed by atoms with Crippen LogP contribution >= 0.6 is 15.9 Å². The molecule has 3 N–H and O–H groups in total. The van der Waals surface area contributed by atoms with E-state index in [0.717, 1.165) is 26.9 Å². The Kier molecular flexibility index (Phi) is 5.39. The molecule has 4 heteroatoms. The molecule has 0 heterocycles. The third-order valence-electron chi connectivity index (χ3n) is 3.69. The number of halogens is 1. The van der Waals surface area contributed by atoms with E-state index in [1.54, 1.807) is 7.11 Å². The van der Waals surface area contributed by atoms with Gasteiger partial charge in [0.25, 0.3) is 0 Å². The first-order chi connectivity index (χ1) is 10.1. The molecule has 0 aliphatic rings. The van der Waals surface area contributed by atoms with Gasteiger partial charge in [-0.05, 0) is 41.8 Å². The van der Waals surface area contributed by atoms with Gasteiger partial charge in [-0.1, -0.05) is 40.2 Å². The van der Waals surface area contributed by atoms with Gasteiger partial charge in [-0.3, -0.25) is 0 Å². The van der Waals surface area contributed by atoms with Gasteiger partial charge in [0, 0.05) is 16.9 Å². The lowest BCUT2D eigenvalue weighted by Gasteiger charge is -2.23. The van der Waals surface area contributed by atoms with Gasteiger partial charge in [0.2, 0.25) is 0 Å². The van der Waals surface area contributed by atoms with Crippen molar-refractivity contribution in [3.8, 4) is 5.75 Å². The Hall–Kier alpha value is -1.36. The Balaban J connectivity index is 2.35. The van der Waals surface area contributed by atoms with Crippen LogP contribution in [0.1, 0.15) is 28.7 Å². The highest BCUT2D eigenvalue weighted by Crippen LogP contribution is 2.33. The molecule has 0 amide bonds. The fraction of sp³-hybridized carbons (Fsp3) is 0.294. The fourth-order valence-electron chi connectivity index (χ4n) is 2.44. The molecule has 0 aliphatic heterocycles. The molecule has 0 spiro atoms. The zero-order valence-electron chi connectivity index (χ0n) is 12.2. The average Bonchev–Trinajstić information content (AvgIpc) is 2.49. The molecule has 0 fully saturated rings. The first-order valence-corrected chi connectivity index (χ1v) is 7.64. The maximum absolute atomic E-state index is 10.6. The highest BCUT2D eigenvalue weighted by molar-refractivity contribution is 9.10. The van der Waals surface area contributed by atoms with Crippen molar-refractivity contribution in [1.82, 2.24) is 0 Å². The van der Waals surface area contributed by atoms with Gasteiger partial charge in [0.1, 0.15) is 5.75 Å². The zero-order chi connectivity index (χ0) is 15.4. The minimum Gasteiger partial charge on any atom is -0.496 e. The normalized spacial score (nSPS) is 13.8. The van der Waals surface area contributed by atoms with Crippen molar-refractivity contribution in [2.75, 3.05) is 13.7 Å². The Labute approximate surface area is 133 Å². The van der Waals surface area contributed by atoms with Crippen LogP contribution in [0.5, 0.6) is 5.75 Å². The summed E-state index contributed by atoms with van der Waals surface area (Å²) in [5, 5.41) is 10.6. The van der Waals surface area contributed by atoms with Crippen LogP contribution in [-0.4, -0.2) is 18.8 Å². The van der Waals surface area contributed by atoms with Crippen LogP contribution in [0, 0.1) is 6.92 Å². The maximum Gasteiger partial charge on any atom is 0.122 e. The second kappa shape index (κ2) is 7.07. The molecule has 0 radical (unpaired) electrons. The second-order valence-electron chi connectivity index (χ2n) is 5.07. The predicted molar refractivity (Wildman–Crippen MR) is 88.6 cm³/mol. The minimum absolute atomic E-state index is 0.172. The quantitative estimate of drug-likeness (QED) is 0.867.